The average molecular weight is 571 g/mol. The van der Waals surface area contributed by atoms with E-state index in [1.54, 1.807) is 66.7 Å². The summed E-state index contributed by atoms with van der Waals surface area (Å²) in [5.41, 5.74) is -0.0488. The van der Waals surface area contributed by atoms with Crippen LogP contribution >= 0.6 is 11.8 Å². The van der Waals surface area contributed by atoms with Gasteiger partial charge in [0.25, 0.3) is 5.91 Å². The van der Waals surface area contributed by atoms with Crippen molar-refractivity contribution < 1.29 is 36.6 Å². The summed E-state index contributed by atoms with van der Waals surface area (Å²) < 4.78 is 66.3. The fraction of sp³-hybridized carbons (Fsp3) is 0.103. The molecule has 2 amide bonds. The Hall–Kier alpha value is -4.51. The van der Waals surface area contributed by atoms with Crippen molar-refractivity contribution in [2.45, 2.75) is 10.1 Å². The van der Waals surface area contributed by atoms with Gasteiger partial charge in [0.05, 0.1) is 14.2 Å². The van der Waals surface area contributed by atoms with Gasteiger partial charge in [-0.3, -0.25) is 9.59 Å². The van der Waals surface area contributed by atoms with E-state index in [0.717, 1.165) is 11.8 Å². The van der Waals surface area contributed by atoms with Crippen molar-refractivity contribution in [3.05, 3.63) is 113 Å². The van der Waals surface area contributed by atoms with E-state index >= 15 is 0 Å². The van der Waals surface area contributed by atoms with E-state index < -0.39 is 46.0 Å². The molecule has 0 radical (unpaired) electrons. The van der Waals surface area contributed by atoms with E-state index in [-0.39, 0.29) is 6.07 Å². The van der Waals surface area contributed by atoms with E-state index in [0.29, 0.717) is 33.2 Å². The molecular weight excluding hydrogens is 548 g/mol. The third-order valence-electron chi connectivity index (χ3n) is 5.69. The summed E-state index contributed by atoms with van der Waals surface area (Å²) in [4.78, 5) is 26.6. The van der Waals surface area contributed by atoms with Crippen molar-refractivity contribution >= 4 is 35.0 Å². The molecule has 1 unspecified atom stereocenters. The Labute approximate surface area is 231 Å². The second-order valence-corrected chi connectivity index (χ2v) is 9.47. The van der Waals surface area contributed by atoms with Crippen LogP contribution in [0.1, 0.15) is 21.2 Å². The average Bonchev–Trinajstić information content (AvgIpc) is 2.97. The minimum absolute atomic E-state index is 0.0611. The number of methoxy groups -OCH3 is 2. The van der Waals surface area contributed by atoms with Crippen LogP contribution in [0.3, 0.4) is 0 Å². The van der Waals surface area contributed by atoms with Gasteiger partial charge in [-0.25, -0.2) is 17.6 Å². The molecule has 0 saturated carbocycles. The summed E-state index contributed by atoms with van der Waals surface area (Å²) in [6.45, 7) is 0. The molecule has 6 nitrogen and oxygen atoms in total. The Kier molecular flexibility index (Phi) is 8.95. The van der Waals surface area contributed by atoms with Crippen molar-refractivity contribution in [1.82, 2.24) is 0 Å². The number of carbonyl (C=O) groups excluding carboxylic acids is 2. The minimum atomic E-state index is -1.72. The molecule has 0 bridgehead atoms. The number of ether oxygens (including phenoxy) is 2. The fourth-order valence-electron chi connectivity index (χ4n) is 3.74. The van der Waals surface area contributed by atoms with Gasteiger partial charge in [0.15, 0.2) is 34.8 Å². The molecule has 40 heavy (non-hydrogen) atoms. The first kappa shape index (κ1) is 28.5. The Morgan fingerprint density at radius 1 is 0.750 bits per heavy atom. The second kappa shape index (κ2) is 12.6. The second-order valence-electron chi connectivity index (χ2n) is 8.29. The van der Waals surface area contributed by atoms with Gasteiger partial charge in [-0.15, -0.1) is 11.8 Å². The van der Waals surface area contributed by atoms with E-state index in [1.807, 2.05) is 5.32 Å². The van der Waals surface area contributed by atoms with Crippen LogP contribution in [0.2, 0.25) is 0 Å². The molecule has 0 spiro atoms. The molecule has 206 valence electrons. The molecular formula is C29H22F4N2O4S. The van der Waals surface area contributed by atoms with Crippen molar-refractivity contribution in [3.63, 3.8) is 0 Å². The smallest absolute Gasteiger partial charge is 0.255 e. The number of amides is 2. The third-order valence-corrected chi connectivity index (χ3v) is 6.94. The first-order valence-corrected chi connectivity index (χ1v) is 12.6. The van der Waals surface area contributed by atoms with Crippen LogP contribution < -0.4 is 20.1 Å². The summed E-state index contributed by atoms with van der Waals surface area (Å²) in [7, 11) is 2.93. The van der Waals surface area contributed by atoms with Gasteiger partial charge in [-0.1, -0.05) is 36.4 Å². The molecule has 0 aliphatic heterocycles. The van der Waals surface area contributed by atoms with Crippen molar-refractivity contribution in [2.24, 2.45) is 0 Å². The third kappa shape index (κ3) is 6.37. The van der Waals surface area contributed by atoms with Gasteiger partial charge in [-0.2, -0.15) is 0 Å². The molecule has 0 aliphatic carbocycles. The van der Waals surface area contributed by atoms with Crippen LogP contribution in [0.25, 0.3) is 0 Å². The summed E-state index contributed by atoms with van der Waals surface area (Å²) in [6, 6.07) is 19.6. The van der Waals surface area contributed by atoms with Crippen LogP contribution in [0.15, 0.2) is 83.8 Å². The maximum absolute atomic E-state index is 14.2. The topological polar surface area (TPSA) is 76.7 Å². The van der Waals surface area contributed by atoms with Crippen LogP contribution in [0.4, 0.5) is 28.9 Å². The predicted molar refractivity (Wildman–Crippen MR) is 144 cm³/mol. The predicted octanol–water partition coefficient (Wildman–Crippen LogP) is 6.98. The fourth-order valence-corrected chi connectivity index (χ4v) is 4.82. The SMILES string of the molecule is COc1ccc(C(=O)Nc2cccc(SC(C(=O)Nc3c(F)c(F)cc(F)c3F)c3ccccc3)c2)cc1OC. The molecule has 0 aromatic heterocycles. The number of hydrogen-bond acceptors (Lipinski definition) is 5. The normalized spacial score (nSPS) is 11.4. The molecule has 1 atom stereocenters. The molecule has 4 aromatic rings. The highest BCUT2D eigenvalue weighted by Gasteiger charge is 2.27. The van der Waals surface area contributed by atoms with Crippen LogP contribution in [0, 0.1) is 23.3 Å². The molecule has 4 aromatic carbocycles. The summed E-state index contributed by atoms with van der Waals surface area (Å²) in [5, 5.41) is 3.67. The van der Waals surface area contributed by atoms with Gasteiger partial charge in [0.1, 0.15) is 10.9 Å². The molecule has 11 heteroatoms. The highest BCUT2D eigenvalue weighted by Crippen LogP contribution is 2.38. The monoisotopic (exact) mass is 570 g/mol. The van der Waals surface area contributed by atoms with Crippen LogP contribution in [-0.4, -0.2) is 26.0 Å². The van der Waals surface area contributed by atoms with E-state index in [2.05, 4.69) is 5.32 Å². The van der Waals surface area contributed by atoms with E-state index in [9.17, 15) is 27.2 Å². The van der Waals surface area contributed by atoms with Crippen molar-refractivity contribution in [1.29, 1.82) is 0 Å². The zero-order valence-corrected chi connectivity index (χ0v) is 22.0. The van der Waals surface area contributed by atoms with Gasteiger partial charge in [0.2, 0.25) is 5.91 Å². The molecule has 0 heterocycles. The zero-order valence-electron chi connectivity index (χ0n) is 21.1. The van der Waals surface area contributed by atoms with E-state index in [1.165, 1.54) is 20.3 Å². The number of hydrogen-bond donors (Lipinski definition) is 2. The number of rotatable bonds is 9. The number of halogens is 4. The van der Waals surface area contributed by atoms with Crippen molar-refractivity contribution in [3.8, 4) is 11.5 Å². The minimum Gasteiger partial charge on any atom is -0.493 e. The maximum atomic E-state index is 14.2. The maximum Gasteiger partial charge on any atom is 0.255 e. The number of benzene rings is 4. The number of anilines is 2. The molecule has 2 N–H and O–H groups in total. The Balaban J connectivity index is 1.58. The lowest BCUT2D eigenvalue weighted by Crippen LogP contribution is -2.21. The lowest BCUT2D eigenvalue weighted by molar-refractivity contribution is -0.115. The van der Waals surface area contributed by atoms with Crippen molar-refractivity contribution in [2.75, 3.05) is 24.9 Å². The van der Waals surface area contributed by atoms with Crippen LogP contribution in [0.5, 0.6) is 11.5 Å². The Bertz CT molecular complexity index is 1530. The van der Waals surface area contributed by atoms with Crippen LogP contribution in [-0.2, 0) is 4.79 Å². The summed E-state index contributed by atoms with van der Waals surface area (Å²) >= 11 is 1.01. The van der Waals surface area contributed by atoms with Gasteiger partial charge in [0, 0.05) is 22.2 Å². The quantitative estimate of drug-likeness (QED) is 0.129. The lowest BCUT2D eigenvalue weighted by atomic mass is 10.1. The molecule has 0 aliphatic rings. The Morgan fingerprint density at radius 3 is 2.08 bits per heavy atom. The van der Waals surface area contributed by atoms with Gasteiger partial charge < -0.3 is 20.1 Å². The first-order valence-electron chi connectivity index (χ1n) is 11.7. The largest absolute Gasteiger partial charge is 0.493 e. The van der Waals surface area contributed by atoms with Gasteiger partial charge >= 0.3 is 0 Å². The highest BCUT2D eigenvalue weighted by molar-refractivity contribution is 8.00. The summed E-state index contributed by atoms with van der Waals surface area (Å²) in [6.07, 6.45) is 0. The Morgan fingerprint density at radius 2 is 1.43 bits per heavy atom. The number of nitrogens with one attached hydrogen (secondary N) is 2. The molecule has 4 rings (SSSR count). The molecule has 0 fully saturated rings. The standard InChI is InChI=1S/C29H22F4N2O4S/c1-38-22-12-11-17(13-23(22)39-2)28(36)34-18-9-6-10-19(14-18)40-27(16-7-4-3-5-8-16)29(37)35-26-24(32)20(30)15-21(31)25(26)33/h3-15,27H,1-2H3,(H,34,36)(H,35,37). The lowest BCUT2D eigenvalue weighted by Gasteiger charge is -2.18. The molecule has 0 saturated heterocycles. The number of thioether (sulfide) groups is 1. The summed E-state index contributed by atoms with van der Waals surface area (Å²) in [5.74, 6) is -7.23. The van der Waals surface area contributed by atoms with Gasteiger partial charge in [-0.05, 0) is 42.0 Å². The zero-order chi connectivity index (χ0) is 28.8. The number of carbonyl (C=O) groups is 2. The highest BCUT2D eigenvalue weighted by atomic mass is 32.2. The first-order chi connectivity index (χ1) is 19.2. The van der Waals surface area contributed by atoms with E-state index in [4.69, 9.17) is 9.47 Å².